The average molecular weight is 298 g/mol. The zero-order valence-corrected chi connectivity index (χ0v) is 12.4. The summed E-state index contributed by atoms with van der Waals surface area (Å²) in [6, 6.07) is 5.83. The van der Waals surface area contributed by atoms with Gasteiger partial charge in [-0.25, -0.2) is 0 Å². The summed E-state index contributed by atoms with van der Waals surface area (Å²) in [5.74, 6) is 0.0365. The Morgan fingerprint density at radius 2 is 2.35 bits per heavy atom. The molecule has 0 saturated carbocycles. The lowest BCUT2D eigenvalue weighted by molar-refractivity contribution is -0.120. The molecule has 6 heteroatoms. The molecule has 1 heterocycles. The molecule has 5 nitrogen and oxygen atoms in total. The Morgan fingerprint density at radius 1 is 1.50 bits per heavy atom. The molecule has 0 bridgehead atoms. The lowest BCUT2D eigenvalue weighted by atomic mass is 10.1. The molecule has 1 aliphatic rings. The van der Waals surface area contributed by atoms with Crippen LogP contribution in [0.4, 0.5) is 5.69 Å². The van der Waals surface area contributed by atoms with Gasteiger partial charge >= 0.3 is 0 Å². The van der Waals surface area contributed by atoms with Gasteiger partial charge in [-0.1, -0.05) is 23.7 Å². The summed E-state index contributed by atoms with van der Waals surface area (Å²) >= 11 is 6.32. The molecule has 0 aromatic heterocycles. The van der Waals surface area contributed by atoms with Gasteiger partial charge in [-0.2, -0.15) is 0 Å². The van der Waals surface area contributed by atoms with Gasteiger partial charge in [0, 0.05) is 33.3 Å². The summed E-state index contributed by atoms with van der Waals surface area (Å²) in [5.41, 5.74) is 2.05. The second kappa shape index (κ2) is 7.47. The first-order valence-electron chi connectivity index (χ1n) is 6.71. The number of piperazine rings is 1. The number of ether oxygens (including phenoxy) is 1. The zero-order chi connectivity index (χ0) is 14.4. The van der Waals surface area contributed by atoms with Crippen molar-refractivity contribution in [1.82, 2.24) is 10.6 Å². The summed E-state index contributed by atoms with van der Waals surface area (Å²) in [5, 5.41) is 6.82. The smallest absolute Gasteiger partial charge is 0.239 e. The van der Waals surface area contributed by atoms with E-state index in [4.69, 9.17) is 16.3 Å². The second-order valence-corrected chi connectivity index (χ2v) is 5.10. The van der Waals surface area contributed by atoms with Crippen molar-refractivity contribution in [2.75, 3.05) is 44.8 Å². The van der Waals surface area contributed by atoms with Crippen molar-refractivity contribution in [1.29, 1.82) is 0 Å². The van der Waals surface area contributed by atoms with E-state index in [0.717, 1.165) is 24.3 Å². The summed E-state index contributed by atoms with van der Waals surface area (Å²) in [4.78, 5) is 13.6. The van der Waals surface area contributed by atoms with Crippen LogP contribution in [-0.4, -0.2) is 45.8 Å². The number of carbonyl (C=O) groups is 1. The molecule has 0 aliphatic carbocycles. The molecular weight excluding hydrogens is 278 g/mol. The van der Waals surface area contributed by atoms with Crippen LogP contribution in [0.3, 0.4) is 0 Å². The molecule has 0 radical (unpaired) electrons. The maximum Gasteiger partial charge on any atom is 0.239 e. The SMILES string of the molecule is COCCNCc1cccc(Cl)c1N1CCNC(=O)C1. The first kappa shape index (κ1) is 15.1. The molecular formula is C14H20ClN3O2. The highest BCUT2D eigenvalue weighted by molar-refractivity contribution is 6.33. The zero-order valence-electron chi connectivity index (χ0n) is 11.6. The highest BCUT2D eigenvalue weighted by atomic mass is 35.5. The fourth-order valence-electron chi connectivity index (χ4n) is 2.28. The quantitative estimate of drug-likeness (QED) is 0.770. The summed E-state index contributed by atoms with van der Waals surface area (Å²) in [6.07, 6.45) is 0. The van der Waals surface area contributed by atoms with Crippen LogP contribution in [-0.2, 0) is 16.1 Å². The van der Waals surface area contributed by atoms with Crippen LogP contribution in [0.5, 0.6) is 0 Å². The summed E-state index contributed by atoms with van der Waals surface area (Å²) in [7, 11) is 1.68. The molecule has 2 rings (SSSR count). The number of nitrogens with zero attached hydrogens (tertiary/aromatic N) is 1. The van der Waals surface area contributed by atoms with E-state index in [9.17, 15) is 4.79 Å². The van der Waals surface area contributed by atoms with Crippen LogP contribution in [0, 0.1) is 0 Å². The Morgan fingerprint density at radius 3 is 3.10 bits per heavy atom. The Labute approximate surface area is 124 Å². The van der Waals surface area contributed by atoms with Gasteiger partial charge in [0.25, 0.3) is 0 Å². The van der Waals surface area contributed by atoms with E-state index in [1.54, 1.807) is 7.11 Å². The first-order valence-corrected chi connectivity index (χ1v) is 7.09. The van der Waals surface area contributed by atoms with Crippen molar-refractivity contribution in [2.45, 2.75) is 6.54 Å². The van der Waals surface area contributed by atoms with Crippen molar-refractivity contribution in [2.24, 2.45) is 0 Å². The molecule has 1 aliphatic heterocycles. The molecule has 2 N–H and O–H groups in total. The Balaban J connectivity index is 2.11. The second-order valence-electron chi connectivity index (χ2n) is 4.69. The molecule has 0 spiro atoms. The van der Waals surface area contributed by atoms with Gasteiger partial charge in [-0.15, -0.1) is 0 Å². The molecule has 0 unspecified atom stereocenters. The number of rotatable bonds is 6. The number of halogens is 1. The van der Waals surface area contributed by atoms with Gasteiger partial charge in [0.2, 0.25) is 5.91 Å². The fourth-order valence-corrected chi connectivity index (χ4v) is 2.60. The van der Waals surface area contributed by atoms with E-state index in [-0.39, 0.29) is 5.91 Å². The monoisotopic (exact) mass is 297 g/mol. The Hall–Kier alpha value is -1.30. The van der Waals surface area contributed by atoms with E-state index in [1.165, 1.54) is 0 Å². The van der Waals surface area contributed by atoms with Crippen molar-refractivity contribution >= 4 is 23.2 Å². The molecule has 1 amide bonds. The van der Waals surface area contributed by atoms with Crippen molar-refractivity contribution in [3.05, 3.63) is 28.8 Å². The van der Waals surface area contributed by atoms with Crippen molar-refractivity contribution in [3.63, 3.8) is 0 Å². The number of benzene rings is 1. The third-order valence-corrected chi connectivity index (χ3v) is 3.53. The van der Waals surface area contributed by atoms with Crippen LogP contribution in [0.1, 0.15) is 5.56 Å². The third kappa shape index (κ3) is 3.85. The highest BCUT2D eigenvalue weighted by Crippen LogP contribution is 2.30. The van der Waals surface area contributed by atoms with E-state index in [2.05, 4.69) is 10.6 Å². The van der Waals surface area contributed by atoms with E-state index in [1.807, 2.05) is 23.1 Å². The third-order valence-electron chi connectivity index (χ3n) is 3.22. The number of carbonyl (C=O) groups excluding carboxylic acids is 1. The highest BCUT2D eigenvalue weighted by Gasteiger charge is 2.20. The predicted octanol–water partition coefficient (Wildman–Crippen LogP) is 1.01. The largest absolute Gasteiger partial charge is 0.383 e. The number of anilines is 1. The van der Waals surface area contributed by atoms with Gasteiger partial charge in [-0.05, 0) is 11.6 Å². The standard InChI is InChI=1S/C14H20ClN3O2/c1-20-8-6-16-9-11-3-2-4-12(15)14(11)18-7-5-17-13(19)10-18/h2-4,16H,5-10H2,1H3,(H,17,19). The van der Waals surface area contributed by atoms with Gasteiger partial charge in [0.1, 0.15) is 0 Å². The van der Waals surface area contributed by atoms with Crippen molar-refractivity contribution in [3.8, 4) is 0 Å². The van der Waals surface area contributed by atoms with Crippen LogP contribution in [0.25, 0.3) is 0 Å². The Bertz CT molecular complexity index is 468. The molecule has 110 valence electrons. The number of amides is 1. The maximum absolute atomic E-state index is 11.5. The summed E-state index contributed by atoms with van der Waals surface area (Å²) in [6.45, 7) is 3.94. The fraction of sp³-hybridized carbons (Fsp3) is 0.500. The molecule has 0 atom stereocenters. The molecule has 20 heavy (non-hydrogen) atoms. The van der Waals surface area contributed by atoms with Gasteiger partial charge in [0.05, 0.1) is 23.9 Å². The molecule has 1 saturated heterocycles. The van der Waals surface area contributed by atoms with E-state index < -0.39 is 0 Å². The van der Waals surface area contributed by atoms with Gasteiger partial charge in [-0.3, -0.25) is 4.79 Å². The Kier molecular flexibility index (Phi) is 5.64. The first-order chi connectivity index (χ1) is 9.72. The lowest BCUT2D eigenvalue weighted by Crippen LogP contribution is -2.48. The average Bonchev–Trinajstić information content (AvgIpc) is 2.44. The van der Waals surface area contributed by atoms with Crippen LogP contribution in [0.2, 0.25) is 5.02 Å². The minimum absolute atomic E-state index is 0.0365. The minimum atomic E-state index is 0.0365. The maximum atomic E-state index is 11.5. The molecule has 1 aromatic rings. The number of methoxy groups -OCH3 is 1. The predicted molar refractivity (Wildman–Crippen MR) is 80.3 cm³/mol. The number of hydrogen-bond donors (Lipinski definition) is 2. The van der Waals surface area contributed by atoms with Crippen LogP contribution in [0.15, 0.2) is 18.2 Å². The van der Waals surface area contributed by atoms with Gasteiger partial charge in [0.15, 0.2) is 0 Å². The topological polar surface area (TPSA) is 53.6 Å². The van der Waals surface area contributed by atoms with Crippen molar-refractivity contribution < 1.29 is 9.53 Å². The molecule has 1 fully saturated rings. The van der Waals surface area contributed by atoms with E-state index >= 15 is 0 Å². The van der Waals surface area contributed by atoms with Crippen LogP contribution < -0.4 is 15.5 Å². The normalized spacial score (nSPS) is 15.3. The summed E-state index contributed by atoms with van der Waals surface area (Å²) < 4.78 is 5.01. The lowest BCUT2D eigenvalue weighted by Gasteiger charge is -2.31. The van der Waals surface area contributed by atoms with Gasteiger partial charge < -0.3 is 20.3 Å². The minimum Gasteiger partial charge on any atom is -0.383 e. The number of para-hydroxylation sites is 1. The number of nitrogens with one attached hydrogen (secondary N) is 2. The van der Waals surface area contributed by atoms with Crippen LogP contribution >= 0.6 is 11.6 Å². The molecule has 1 aromatic carbocycles. The number of hydrogen-bond acceptors (Lipinski definition) is 4. The van der Waals surface area contributed by atoms with E-state index in [0.29, 0.717) is 31.3 Å².